The number of nitrogens with two attached hydrogens (primary N) is 1. The highest BCUT2D eigenvalue weighted by molar-refractivity contribution is 7.84. The fourth-order valence-electron chi connectivity index (χ4n) is 1.71. The van der Waals surface area contributed by atoms with Gasteiger partial charge in [-0.15, -0.1) is 0 Å². The minimum absolute atomic E-state index is 0.00373. The van der Waals surface area contributed by atoms with Crippen molar-refractivity contribution in [1.82, 2.24) is 0 Å². The summed E-state index contributed by atoms with van der Waals surface area (Å²) < 4.78 is 31.0. The Bertz CT molecular complexity index is 664. The van der Waals surface area contributed by atoms with Gasteiger partial charge in [-0.25, -0.2) is 4.39 Å². The van der Waals surface area contributed by atoms with E-state index in [9.17, 15) is 8.60 Å². The lowest BCUT2D eigenvalue weighted by Crippen LogP contribution is -2.03. The Morgan fingerprint density at radius 2 is 2.05 bits per heavy atom. The number of benzene rings is 2. The molecule has 0 heterocycles. The summed E-state index contributed by atoms with van der Waals surface area (Å²) in [5.74, 6) is 0.113. The normalized spacial score (nSPS) is 12.2. The number of ether oxygens (including phenoxy) is 1. The van der Waals surface area contributed by atoms with E-state index in [0.717, 1.165) is 0 Å². The summed E-state index contributed by atoms with van der Waals surface area (Å²) >= 11 is 5.81. The second-order valence-electron chi connectivity index (χ2n) is 4.13. The molecule has 2 rings (SSSR count). The molecule has 106 valence electrons. The van der Waals surface area contributed by atoms with Crippen molar-refractivity contribution in [1.29, 1.82) is 0 Å². The molecule has 0 bridgehead atoms. The largest absolute Gasteiger partial charge is 0.497 e. The van der Waals surface area contributed by atoms with Crippen LogP contribution in [0.15, 0.2) is 41.3 Å². The molecule has 20 heavy (non-hydrogen) atoms. The first-order chi connectivity index (χ1) is 9.51. The van der Waals surface area contributed by atoms with Crippen LogP contribution in [0.25, 0.3) is 0 Å². The zero-order chi connectivity index (χ0) is 14.7. The minimum Gasteiger partial charge on any atom is -0.497 e. The molecule has 1 unspecified atom stereocenters. The fourth-order valence-corrected chi connectivity index (χ4v) is 3.14. The molecule has 6 heteroatoms. The van der Waals surface area contributed by atoms with Crippen LogP contribution in [0, 0.1) is 5.82 Å². The first-order valence-corrected chi connectivity index (χ1v) is 7.46. The average molecular weight is 314 g/mol. The van der Waals surface area contributed by atoms with Crippen molar-refractivity contribution in [2.75, 3.05) is 12.8 Å². The lowest BCUT2D eigenvalue weighted by atomic mass is 10.2. The molecule has 2 aromatic carbocycles. The van der Waals surface area contributed by atoms with E-state index in [-0.39, 0.29) is 11.3 Å². The summed E-state index contributed by atoms with van der Waals surface area (Å²) in [6.45, 7) is 0. The van der Waals surface area contributed by atoms with Gasteiger partial charge in [0.25, 0.3) is 0 Å². The van der Waals surface area contributed by atoms with Crippen molar-refractivity contribution < 1.29 is 13.3 Å². The van der Waals surface area contributed by atoms with Gasteiger partial charge in [-0.1, -0.05) is 11.6 Å². The number of anilines is 1. The maximum absolute atomic E-state index is 13.6. The van der Waals surface area contributed by atoms with Gasteiger partial charge in [0.1, 0.15) is 11.6 Å². The van der Waals surface area contributed by atoms with Gasteiger partial charge < -0.3 is 10.5 Å². The summed E-state index contributed by atoms with van der Waals surface area (Å²) in [6.07, 6.45) is 0. The third kappa shape index (κ3) is 3.29. The van der Waals surface area contributed by atoms with Gasteiger partial charge in [-0.2, -0.15) is 0 Å². The lowest BCUT2D eigenvalue weighted by molar-refractivity contribution is 0.413. The van der Waals surface area contributed by atoms with Crippen LogP contribution < -0.4 is 10.5 Å². The van der Waals surface area contributed by atoms with Crippen LogP contribution in [0.4, 0.5) is 10.1 Å². The number of nitrogen functional groups attached to an aromatic ring is 1. The van der Waals surface area contributed by atoms with E-state index in [1.807, 2.05) is 0 Å². The quantitative estimate of drug-likeness (QED) is 0.880. The molecular weight excluding hydrogens is 301 g/mol. The van der Waals surface area contributed by atoms with E-state index >= 15 is 0 Å². The number of halogens is 2. The van der Waals surface area contributed by atoms with E-state index in [1.54, 1.807) is 18.2 Å². The second kappa shape index (κ2) is 6.24. The van der Waals surface area contributed by atoms with E-state index in [4.69, 9.17) is 22.1 Å². The average Bonchev–Trinajstić information content (AvgIpc) is 2.43. The zero-order valence-corrected chi connectivity index (χ0v) is 12.3. The molecule has 0 radical (unpaired) electrons. The van der Waals surface area contributed by atoms with E-state index in [1.165, 1.54) is 25.3 Å². The molecule has 0 aliphatic carbocycles. The Hall–Kier alpha value is -1.59. The molecule has 0 aliphatic rings. The topological polar surface area (TPSA) is 52.3 Å². The van der Waals surface area contributed by atoms with Gasteiger partial charge >= 0.3 is 0 Å². The van der Waals surface area contributed by atoms with Crippen LogP contribution in [-0.4, -0.2) is 11.3 Å². The van der Waals surface area contributed by atoms with Gasteiger partial charge in [-0.05, 0) is 36.4 Å². The number of hydrogen-bond donors (Lipinski definition) is 1. The van der Waals surface area contributed by atoms with Crippen molar-refractivity contribution >= 4 is 28.1 Å². The van der Waals surface area contributed by atoms with Crippen molar-refractivity contribution in [3.8, 4) is 5.75 Å². The molecule has 0 saturated heterocycles. The van der Waals surface area contributed by atoms with Gasteiger partial charge in [0, 0.05) is 16.3 Å². The molecule has 2 aromatic rings. The molecule has 0 spiro atoms. The SMILES string of the molecule is COc1ccc(N)c(S(=O)Cc2cc(Cl)ccc2F)c1. The van der Waals surface area contributed by atoms with Crippen molar-refractivity contribution in [3.05, 3.63) is 52.8 Å². The van der Waals surface area contributed by atoms with E-state index in [2.05, 4.69) is 0 Å². The minimum atomic E-state index is -1.48. The predicted octanol–water partition coefficient (Wildman–Crippen LogP) is 3.38. The van der Waals surface area contributed by atoms with Crippen LogP contribution in [0.2, 0.25) is 5.02 Å². The molecule has 0 saturated carbocycles. The van der Waals surface area contributed by atoms with E-state index < -0.39 is 16.6 Å². The zero-order valence-electron chi connectivity index (χ0n) is 10.7. The molecule has 0 aliphatic heterocycles. The molecular formula is C14H13ClFNO2S. The summed E-state index contributed by atoms with van der Waals surface area (Å²) in [5, 5.41) is 0.400. The molecule has 3 nitrogen and oxygen atoms in total. The first-order valence-electron chi connectivity index (χ1n) is 5.77. The highest BCUT2D eigenvalue weighted by atomic mass is 35.5. The van der Waals surface area contributed by atoms with Crippen molar-refractivity contribution in [2.45, 2.75) is 10.6 Å². The maximum atomic E-state index is 13.6. The predicted molar refractivity (Wildman–Crippen MR) is 78.9 cm³/mol. The monoisotopic (exact) mass is 313 g/mol. The Morgan fingerprint density at radius 3 is 2.75 bits per heavy atom. The van der Waals surface area contributed by atoms with Crippen LogP contribution in [0.5, 0.6) is 5.75 Å². The second-order valence-corrected chi connectivity index (χ2v) is 5.99. The van der Waals surface area contributed by atoms with Gasteiger partial charge in [0.15, 0.2) is 0 Å². The third-order valence-electron chi connectivity index (χ3n) is 2.76. The molecule has 0 amide bonds. The maximum Gasteiger partial charge on any atom is 0.127 e. The Balaban J connectivity index is 2.30. The fraction of sp³-hybridized carbons (Fsp3) is 0.143. The van der Waals surface area contributed by atoms with Crippen molar-refractivity contribution in [2.24, 2.45) is 0 Å². The van der Waals surface area contributed by atoms with Gasteiger partial charge in [-0.3, -0.25) is 4.21 Å². The summed E-state index contributed by atoms with van der Waals surface area (Å²) in [5.41, 5.74) is 6.47. The molecule has 0 aromatic heterocycles. The van der Waals surface area contributed by atoms with Crippen LogP contribution in [0.3, 0.4) is 0 Å². The summed E-state index contributed by atoms with van der Waals surface area (Å²) in [7, 11) is 0.0288. The smallest absolute Gasteiger partial charge is 0.127 e. The molecule has 0 fully saturated rings. The highest BCUT2D eigenvalue weighted by Crippen LogP contribution is 2.25. The van der Waals surface area contributed by atoms with Gasteiger partial charge in [0.05, 0.1) is 28.6 Å². The standard InChI is InChI=1S/C14H13ClFNO2S/c1-19-11-3-5-13(17)14(7-11)20(18)8-9-6-10(15)2-4-12(9)16/h2-7H,8,17H2,1H3. The third-order valence-corrected chi connectivity index (χ3v) is 4.41. The first kappa shape index (κ1) is 14.8. The van der Waals surface area contributed by atoms with Crippen LogP contribution in [-0.2, 0) is 16.6 Å². The Kier molecular flexibility index (Phi) is 4.62. The molecule has 1 atom stereocenters. The lowest BCUT2D eigenvalue weighted by Gasteiger charge is -2.09. The van der Waals surface area contributed by atoms with Crippen LogP contribution >= 0.6 is 11.6 Å². The Labute approximate surface area is 124 Å². The number of rotatable bonds is 4. The van der Waals surface area contributed by atoms with Gasteiger partial charge in [0.2, 0.25) is 0 Å². The van der Waals surface area contributed by atoms with Crippen molar-refractivity contribution in [3.63, 3.8) is 0 Å². The summed E-state index contributed by atoms with van der Waals surface area (Å²) in [4.78, 5) is 0.420. The van der Waals surface area contributed by atoms with Crippen LogP contribution in [0.1, 0.15) is 5.56 Å². The number of hydrogen-bond acceptors (Lipinski definition) is 3. The molecule has 2 N–H and O–H groups in total. The summed E-state index contributed by atoms with van der Waals surface area (Å²) in [6, 6.07) is 9.04. The highest BCUT2D eigenvalue weighted by Gasteiger charge is 2.13. The number of methoxy groups -OCH3 is 1. The Morgan fingerprint density at radius 1 is 1.30 bits per heavy atom. The van der Waals surface area contributed by atoms with E-state index in [0.29, 0.717) is 21.4 Å².